The highest BCUT2D eigenvalue weighted by atomic mass is 15.3. The number of hydrogen-bond donors (Lipinski definition) is 1. The topological polar surface area (TPSA) is 33.1 Å². The Balaban J connectivity index is 1.66. The minimum Gasteiger partial charge on any atom is -0.338 e. The highest BCUT2D eigenvalue weighted by Crippen LogP contribution is 2.34. The van der Waals surface area contributed by atoms with Crippen LogP contribution >= 0.6 is 0 Å². The first-order chi connectivity index (χ1) is 10.7. The summed E-state index contributed by atoms with van der Waals surface area (Å²) in [4.78, 5) is 2.38. The van der Waals surface area contributed by atoms with Crippen LogP contribution in [0.2, 0.25) is 0 Å². The lowest BCUT2D eigenvalue weighted by atomic mass is 10.1. The molecule has 0 radical (unpaired) electrons. The van der Waals surface area contributed by atoms with Crippen LogP contribution in [0.5, 0.6) is 0 Å². The number of aromatic nitrogens is 2. The van der Waals surface area contributed by atoms with Crippen molar-refractivity contribution in [2.75, 3.05) is 18.9 Å². The third kappa shape index (κ3) is 2.75. The number of hydrogen-bond acceptors (Lipinski definition) is 3. The lowest BCUT2D eigenvalue weighted by Gasteiger charge is -2.23. The van der Waals surface area contributed by atoms with Gasteiger partial charge in [-0.05, 0) is 50.4 Å². The van der Waals surface area contributed by atoms with Crippen molar-refractivity contribution in [1.82, 2.24) is 14.7 Å². The molecule has 1 N–H and O–H groups in total. The fourth-order valence-corrected chi connectivity index (χ4v) is 3.28. The van der Waals surface area contributed by atoms with Crippen LogP contribution in [0.15, 0.2) is 24.3 Å². The number of benzene rings is 1. The molecule has 4 rings (SSSR count). The molecule has 0 saturated heterocycles. The molecule has 1 fully saturated rings. The molecular formula is C18H24N4. The molecule has 1 aromatic carbocycles. The summed E-state index contributed by atoms with van der Waals surface area (Å²) in [6.45, 7) is 5.35. The van der Waals surface area contributed by atoms with Gasteiger partial charge < -0.3 is 10.2 Å². The molecule has 4 nitrogen and oxygen atoms in total. The minimum absolute atomic E-state index is 0.857. The average molecular weight is 296 g/mol. The van der Waals surface area contributed by atoms with Crippen molar-refractivity contribution < 1.29 is 0 Å². The van der Waals surface area contributed by atoms with E-state index in [0.29, 0.717) is 0 Å². The second-order valence-electron chi connectivity index (χ2n) is 6.88. The zero-order valence-corrected chi connectivity index (χ0v) is 13.5. The first kappa shape index (κ1) is 13.8. The summed E-state index contributed by atoms with van der Waals surface area (Å²) >= 11 is 0. The molecule has 0 atom stereocenters. The van der Waals surface area contributed by atoms with E-state index in [0.717, 1.165) is 43.5 Å². The molecule has 4 heteroatoms. The van der Waals surface area contributed by atoms with Gasteiger partial charge in [0.1, 0.15) is 0 Å². The van der Waals surface area contributed by atoms with Crippen molar-refractivity contribution in [3.63, 3.8) is 0 Å². The maximum atomic E-state index is 4.91. The number of anilines is 2. The number of fused-ring (bicyclic) bond motifs is 1. The summed E-state index contributed by atoms with van der Waals surface area (Å²) < 4.78 is 2.28. The zero-order valence-electron chi connectivity index (χ0n) is 13.5. The second kappa shape index (κ2) is 5.43. The highest BCUT2D eigenvalue weighted by Gasteiger charge is 2.28. The molecule has 22 heavy (non-hydrogen) atoms. The van der Waals surface area contributed by atoms with Crippen LogP contribution in [-0.2, 0) is 19.5 Å². The predicted octanol–water partition coefficient (Wildman–Crippen LogP) is 3.33. The SMILES string of the molecule is Cc1cccc(Nc2nn(CC3CC3)c3c2CN(C)CC3)c1. The Bertz CT molecular complexity index is 684. The molecule has 1 aromatic heterocycles. The van der Waals surface area contributed by atoms with E-state index >= 15 is 0 Å². The lowest BCUT2D eigenvalue weighted by molar-refractivity contribution is 0.307. The maximum Gasteiger partial charge on any atom is 0.157 e. The average Bonchev–Trinajstić information content (AvgIpc) is 3.24. The maximum absolute atomic E-state index is 4.91. The first-order valence-electron chi connectivity index (χ1n) is 8.30. The van der Waals surface area contributed by atoms with E-state index in [1.807, 2.05) is 0 Å². The Kier molecular flexibility index (Phi) is 3.41. The summed E-state index contributed by atoms with van der Waals surface area (Å²) in [6.07, 6.45) is 3.85. The number of likely N-dealkylation sites (N-methyl/N-ethyl adjacent to an activating group) is 1. The lowest BCUT2D eigenvalue weighted by Crippen LogP contribution is -2.27. The fourth-order valence-electron chi connectivity index (χ4n) is 3.28. The summed E-state index contributed by atoms with van der Waals surface area (Å²) in [5.41, 5.74) is 5.23. The first-order valence-corrected chi connectivity index (χ1v) is 8.30. The van der Waals surface area contributed by atoms with E-state index in [1.165, 1.54) is 29.7 Å². The Morgan fingerprint density at radius 2 is 2.18 bits per heavy atom. The minimum atomic E-state index is 0.857. The van der Waals surface area contributed by atoms with E-state index in [4.69, 9.17) is 5.10 Å². The molecule has 2 heterocycles. The van der Waals surface area contributed by atoms with Crippen molar-refractivity contribution in [2.45, 2.75) is 39.3 Å². The summed E-state index contributed by atoms with van der Waals surface area (Å²) in [7, 11) is 2.19. The van der Waals surface area contributed by atoms with Crippen LogP contribution in [0, 0.1) is 12.8 Å². The Morgan fingerprint density at radius 1 is 1.32 bits per heavy atom. The summed E-state index contributed by atoms with van der Waals surface area (Å²) in [5, 5.41) is 8.46. The van der Waals surface area contributed by atoms with Gasteiger partial charge in [0.25, 0.3) is 0 Å². The van der Waals surface area contributed by atoms with Crippen LogP contribution < -0.4 is 5.32 Å². The summed E-state index contributed by atoms with van der Waals surface area (Å²) in [6, 6.07) is 8.52. The number of nitrogens with zero attached hydrogens (tertiary/aromatic N) is 3. The smallest absolute Gasteiger partial charge is 0.157 e. The molecule has 0 bridgehead atoms. The van der Waals surface area contributed by atoms with Gasteiger partial charge in [-0.3, -0.25) is 4.68 Å². The molecule has 2 aromatic rings. The van der Waals surface area contributed by atoms with Crippen LogP contribution in [0.3, 0.4) is 0 Å². The standard InChI is InChI=1S/C18H24N4/c1-13-4-3-5-15(10-13)19-18-16-12-21(2)9-8-17(16)22(20-18)11-14-6-7-14/h3-5,10,14H,6-9,11-12H2,1-2H3,(H,19,20). The fraction of sp³-hybridized carbons (Fsp3) is 0.500. The third-order valence-electron chi connectivity index (χ3n) is 4.73. The monoisotopic (exact) mass is 296 g/mol. The van der Waals surface area contributed by atoms with Crippen molar-refractivity contribution in [1.29, 1.82) is 0 Å². The van der Waals surface area contributed by atoms with Crippen LogP contribution in [0.4, 0.5) is 11.5 Å². The largest absolute Gasteiger partial charge is 0.338 e. The number of aryl methyl sites for hydroxylation is 1. The van der Waals surface area contributed by atoms with Crippen molar-refractivity contribution in [3.8, 4) is 0 Å². The van der Waals surface area contributed by atoms with Gasteiger partial charge in [0.15, 0.2) is 5.82 Å². The van der Waals surface area contributed by atoms with E-state index in [9.17, 15) is 0 Å². The van der Waals surface area contributed by atoms with Gasteiger partial charge in [-0.15, -0.1) is 0 Å². The summed E-state index contributed by atoms with van der Waals surface area (Å²) in [5.74, 6) is 1.91. The second-order valence-corrected chi connectivity index (χ2v) is 6.88. The van der Waals surface area contributed by atoms with Gasteiger partial charge in [-0.2, -0.15) is 5.10 Å². The van der Waals surface area contributed by atoms with Crippen molar-refractivity contribution in [3.05, 3.63) is 41.1 Å². The van der Waals surface area contributed by atoms with Crippen LogP contribution in [0.1, 0.15) is 29.7 Å². The van der Waals surface area contributed by atoms with Gasteiger partial charge in [-0.1, -0.05) is 12.1 Å². The third-order valence-corrected chi connectivity index (χ3v) is 4.73. The van der Waals surface area contributed by atoms with E-state index in [-0.39, 0.29) is 0 Å². The number of nitrogens with one attached hydrogen (secondary N) is 1. The highest BCUT2D eigenvalue weighted by molar-refractivity contribution is 5.61. The number of rotatable bonds is 4. The molecule has 1 aliphatic carbocycles. The van der Waals surface area contributed by atoms with Gasteiger partial charge in [0.2, 0.25) is 0 Å². The van der Waals surface area contributed by atoms with E-state index in [1.54, 1.807) is 0 Å². The predicted molar refractivity (Wildman–Crippen MR) is 89.5 cm³/mol. The Labute approximate surface area is 132 Å². The molecular weight excluding hydrogens is 272 g/mol. The molecule has 116 valence electrons. The van der Waals surface area contributed by atoms with Crippen molar-refractivity contribution in [2.24, 2.45) is 5.92 Å². The normalized spacial score (nSPS) is 18.3. The molecule has 0 unspecified atom stereocenters. The van der Waals surface area contributed by atoms with Gasteiger partial charge >= 0.3 is 0 Å². The molecule has 1 aliphatic heterocycles. The Morgan fingerprint density at radius 3 is 2.95 bits per heavy atom. The van der Waals surface area contributed by atoms with Crippen LogP contribution in [-0.4, -0.2) is 28.3 Å². The van der Waals surface area contributed by atoms with Gasteiger partial charge in [0.05, 0.1) is 0 Å². The molecule has 0 spiro atoms. The Hall–Kier alpha value is -1.81. The van der Waals surface area contributed by atoms with Gasteiger partial charge in [0, 0.05) is 43.0 Å². The van der Waals surface area contributed by atoms with E-state index < -0.39 is 0 Å². The molecule has 0 amide bonds. The molecule has 2 aliphatic rings. The van der Waals surface area contributed by atoms with E-state index in [2.05, 4.69) is 53.1 Å². The molecule has 1 saturated carbocycles. The zero-order chi connectivity index (χ0) is 15.1. The van der Waals surface area contributed by atoms with Crippen LogP contribution in [0.25, 0.3) is 0 Å². The quantitative estimate of drug-likeness (QED) is 0.939. The van der Waals surface area contributed by atoms with Crippen molar-refractivity contribution >= 4 is 11.5 Å². The van der Waals surface area contributed by atoms with Gasteiger partial charge in [-0.25, -0.2) is 0 Å².